The van der Waals surface area contributed by atoms with Crippen LogP contribution < -0.4 is 9.62 Å². The largest absolute Gasteiger partial charge is 0.376 e. The van der Waals surface area contributed by atoms with E-state index in [1.54, 1.807) is 24.3 Å². The molecule has 1 aliphatic heterocycles. The summed E-state index contributed by atoms with van der Waals surface area (Å²) in [7, 11) is -3.54. The Balaban J connectivity index is 2.00. The van der Waals surface area contributed by atoms with Gasteiger partial charge in [-0.15, -0.1) is 0 Å². The van der Waals surface area contributed by atoms with Gasteiger partial charge in [-0.05, 0) is 37.1 Å². The normalized spacial score (nSPS) is 18.2. The van der Waals surface area contributed by atoms with Gasteiger partial charge in [0.15, 0.2) is 0 Å². The lowest BCUT2D eigenvalue weighted by Gasteiger charge is -2.22. The molecule has 8 heteroatoms. The van der Waals surface area contributed by atoms with Crippen molar-refractivity contribution in [2.45, 2.75) is 18.9 Å². The van der Waals surface area contributed by atoms with Gasteiger partial charge in [-0.3, -0.25) is 9.10 Å². The summed E-state index contributed by atoms with van der Waals surface area (Å²) in [6, 6.07) is 6.77. The Morgan fingerprint density at radius 1 is 1.41 bits per heavy atom. The first-order valence-corrected chi connectivity index (χ1v) is 9.62. The van der Waals surface area contributed by atoms with E-state index in [-0.39, 0.29) is 18.6 Å². The van der Waals surface area contributed by atoms with E-state index in [0.717, 1.165) is 34.5 Å². The molecule has 1 aromatic carbocycles. The minimum Gasteiger partial charge on any atom is -0.376 e. The molecular weight excluding hydrogens is 372 g/mol. The van der Waals surface area contributed by atoms with Crippen LogP contribution in [0.1, 0.15) is 12.8 Å². The Morgan fingerprint density at radius 2 is 2.09 bits per heavy atom. The number of hydrogen-bond acceptors (Lipinski definition) is 4. The molecule has 1 amide bonds. The van der Waals surface area contributed by atoms with Crippen LogP contribution in [0.15, 0.2) is 28.7 Å². The number of benzene rings is 1. The first-order chi connectivity index (χ1) is 10.4. The summed E-state index contributed by atoms with van der Waals surface area (Å²) in [5, 5.41) is 2.73. The van der Waals surface area contributed by atoms with E-state index in [4.69, 9.17) is 4.74 Å². The summed E-state index contributed by atoms with van der Waals surface area (Å²) in [5.74, 6) is -0.344. The SMILES string of the molecule is CS(=O)(=O)N(CC(=O)NC[C@@H]1CCCO1)c1ccc(Br)cc1. The third-order valence-electron chi connectivity index (χ3n) is 3.35. The van der Waals surface area contributed by atoms with Gasteiger partial charge in [-0.2, -0.15) is 0 Å². The van der Waals surface area contributed by atoms with E-state index in [1.165, 1.54) is 0 Å². The van der Waals surface area contributed by atoms with Crippen molar-refractivity contribution in [2.24, 2.45) is 0 Å². The number of sulfonamides is 1. The van der Waals surface area contributed by atoms with E-state index >= 15 is 0 Å². The molecule has 0 saturated carbocycles. The fourth-order valence-corrected chi connectivity index (χ4v) is 3.35. The molecule has 1 aliphatic rings. The third-order valence-corrected chi connectivity index (χ3v) is 5.02. The number of halogens is 1. The molecule has 0 radical (unpaired) electrons. The second-order valence-electron chi connectivity index (χ2n) is 5.19. The van der Waals surface area contributed by atoms with E-state index in [9.17, 15) is 13.2 Å². The number of rotatable bonds is 6. The minimum atomic E-state index is -3.54. The molecule has 0 bridgehead atoms. The van der Waals surface area contributed by atoms with Crippen LogP contribution in [0.4, 0.5) is 5.69 Å². The molecule has 1 heterocycles. The number of carbonyl (C=O) groups is 1. The molecule has 0 unspecified atom stereocenters. The van der Waals surface area contributed by atoms with Crippen molar-refractivity contribution < 1.29 is 17.9 Å². The fourth-order valence-electron chi connectivity index (χ4n) is 2.23. The molecule has 0 spiro atoms. The average Bonchev–Trinajstić information content (AvgIpc) is 2.96. The Labute approximate surface area is 139 Å². The second kappa shape index (κ2) is 7.43. The first kappa shape index (κ1) is 17.2. The van der Waals surface area contributed by atoms with Gasteiger partial charge >= 0.3 is 0 Å². The number of ether oxygens (including phenoxy) is 1. The van der Waals surface area contributed by atoms with Crippen LogP contribution in [0.2, 0.25) is 0 Å². The summed E-state index contributed by atoms with van der Waals surface area (Å²) in [6.45, 7) is 0.888. The van der Waals surface area contributed by atoms with Gasteiger partial charge in [-0.25, -0.2) is 8.42 Å². The molecule has 1 aromatic rings. The smallest absolute Gasteiger partial charge is 0.240 e. The van der Waals surface area contributed by atoms with Crippen molar-refractivity contribution in [2.75, 3.05) is 30.3 Å². The van der Waals surface area contributed by atoms with Crippen molar-refractivity contribution >= 4 is 37.5 Å². The predicted octanol–water partition coefficient (Wildman–Crippen LogP) is 1.51. The van der Waals surface area contributed by atoms with Crippen molar-refractivity contribution in [1.29, 1.82) is 0 Å². The fraction of sp³-hybridized carbons (Fsp3) is 0.500. The number of anilines is 1. The maximum absolute atomic E-state index is 12.0. The third kappa shape index (κ3) is 4.96. The molecule has 122 valence electrons. The van der Waals surface area contributed by atoms with Gasteiger partial charge in [0.1, 0.15) is 6.54 Å². The van der Waals surface area contributed by atoms with Crippen LogP contribution in [0.25, 0.3) is 0 Å². The zero-order chi connectivity index (χ0) is 16.2. The summed E-state index contributed by atoms with van der Waals surface area (Å²) < 4.78 is 31.2. The van der Waals surface area contributed by atoms with Crippen molar-refractivity contribution in [3.05, 3.63) is 28.7 Å². The van der Waals surface area contributed by atoms with E-state index in [0.29, 0.717) is 12.2 Å². The lowest BCUT2D eigenvalue weighted by atomic mass is 10.2. The Kier molecular flexibility index (Phi) is 5.82. The van der Waals surface area contributed by atoms with Gasteiger partial charge in [-0.1, -0.05) is 15.9 Å². The van der Waals surface area contributed by atoms with Gasteiger partial charge < -0.3 is 10.1 Å². The van der Waals surface area contributed by atoms with Crippen LogP contribution in [-0.2, 0) is 19.6 Å². The molecule has 22 heavy (non-hydrogen) atoms. The highest BCUT2D eigenvalue weighted by Gasteiger charge is 2.22. The predicted molar refractivity (Wildman–Crippen MR) is 88.3 cm³/mol. The highest BCUT2D eigenvalue weighted by molar-refractivity contribution is 9.10. The molecular formula is C14H19BrN2O4S. The molecule has 6 nitrogen and oxygen atoms in total. The lowest BCUT2D eigenvalue weighted by molar-refractivity contribution is -0.120. The average molecular weight is 391 g/mol. The Morgan fingerprint density at radius 3 is 2.64 bits per heavy atom. The topological polar surface area (TPSA) is 75.7 Å². The van der Waals surface area contributed by atoms with Crippen LogP contribution in [0, 0.1) is 0 Å². The number of hydrogen-bond donors (Lipinski definition) is 1. The minimum absolute atomic E-state index is 0.0308. The second-order valence-corrected chi connectivity index (χ2v) is 8.01. The summed E-state index contributed by atoms with van der Waals surface area (Å²) in [6.07, 6.45) is 3.03. The molecule has 0 aliphatic carbocycles. The number of nitrogens with one attached hydrogen (secondary N) is 1. The first-order valence-electron chi connectivity index (χ1n) is 6.98. The van der Waals surface area contributed by atoms with Crippen molar-refractivity contribution in [3.63, 3.8) is 0 Å². The van der Waals surface area contributed by atoms with Crippen molar-refractivity contribution in [3.8, 4) is 0 Å². The van der Waals surface area contributed by atoms with Crippen LogP contribution in [-0.4, -0.2) is 46.4 Å². The van der Waals surface area contributed by atoms with E-state index in [2.05, 4.69) is 21.2 Å². The molecule has 1 atom stereocenters. The maximum atomic E-state index is 12.0. The zero-order valence-electron chi connectivity index (χ0n) is 12.3. The van der Waals surface area contributed by atoms with E-state index < -0.39 is 10.0 Å². The monoisotopic (exact) mass is 390 g/mol. The highest BCUT2D eigenvalue weighted by atomic mass is 79.9. The van der Waals surface area contributed by atoms with Crippen LogP contribution in [0.5, 0.6) is 0 Å². The zero-order valence-corrected chi connectivity index (χ0v) is 14.7. The molecule has 1 N–H and O–H groups in total. The van der Waals surface area contributed by atoms with Crippen molar-refractivity contribution in [1.82, 2.24) is 5.32 Å². The van der Waals surface area contributed by atoms with Crippen LogP contribution in [0.3, 0.4) is 0 Å². The molecule has 2 rings (SSSR count). The van der Waals surface area contributed by atoms with Gasteiger partial charge in [0.25, 0.3) is 0 Å². The Hall–Kier alpha value is -1.12. The summed E-state index contributed by atoms with van der Waals surface area (Å²) in [5.41, 5.74) is 0.456. The highest BCUT2D eigenvalue weighted by Crippen LogP contribution is 2.20. The standard InChI is InChI=1S/C14H19BrN2O4S/c1-22(19,20)17(12-6-4-11(15)5-7-12)10-14(18)16-9-13-3-2-8-21-13/h4-7,13H,2-3,8-10H2,1H3,(H,16,18)/t13-/m0/s1. The summed E-state index contributed by atoms with van der Waals surface area (Å²) in [4.78, 5) is 12.0. The number of amides is 1. The van der Waals surface area contributed by atoms with Crippen LogP contribution >= 0.6 is 15.9 Å². The quantitative estimate of drug-likeness (QED) is 0.798. The van der Waals surface area contributed by atoms with Gasteiger partial charge in [0.05, 0.1) is 18.0 Å². The van der Waals surface area contributed by atoms with E-state index in [1.807, 2.05) is 0 Å². The summed E-state index contributed by atoms with van der Waals surface area (Å²) >= 11 is 3.30. The molecule has 0 aromatic heterocycles. The lowest BCUT2D eigenvalue weighted by Crippen LogP contribution is -2.42. The number of nitrogens with zero attached hydrogens (tertiary/aromatic N) is 1. The number of carbonyl (C=O) groups excluding carboxylic acids is 1. The van der Waals surface area contributed by atoms with Gasteiger partial charge in [0.2, 0.25) is 15.9 Å². The maximum Gasteiger partial charge on any atom is 0.240 e. The Bertz CT molecular complexity index is 612. The molecule has 1 saturated heterocycles. The molecule has 1 fully saturated rings. The van der Waals surface area contributed by atoms with Gasteiger partial charge in [0, 0.05) is 17.6 Å².